The molecule has 11 rings (SSSR count). The van der Waals surface area contributed by atoms with Crippen molar-refractivity contribution in [3.05, 3.63) is 174 Å². The summed E-state index contributed by atoms with van der Waals surface area (Å²) in [4.78, 5) is 2.58. The lowest BCUT2D eigenvalue weighted by molar-refractivity contribution is 0.420. The molecule has 7 aromatic rings. The Hall–Kier alpha value is -5.40. The molecule has 7 aromatic carbocycles. The molecule has 3 atom stereocenters. The predicted molar refractivity (Wildman–Crippen MR) is 241 cm³/mol. The summed E-state index contributed by atoms with van der Waals surface area (Å²) in [6.45, 7) is 4.85. The molecule has 1 heteroatoms. The van der Waals surface area contributed by atoms with Gasteiger partial charge in [-0.3, -0.25) is 0 Å². The monoisotopic (exact) mass is 739 g/mol. The Morgan fingerprint density at radius 3 is 2.02 bits per heavy atom. The van der Waals surface area contributed by atoms with E-state index < -0.39 is 0 Å². The van der Waals surface area contributed by atoms with Gasteiger partial charge in [0.1, 0.15) is 0 Å². The fourth-order valence-electron chi connectivity index (χ4n) is 11.9. The zero-order valence-corrected chi connectivity index (χ0v) is 33.6. The highest BCUT2D eigenvalue weighted by atomic mass is 15.1. The molecule has 3 saturated carbocycles. The molecule has 0 amide bonds. The first-order valence-electron chi connectivity index (χ1n) is 21.9. The average molecular weight is 740 g/mol. The molecule has 1 nitrogen and oxygen atoms in total. The van der Waals surface area contributed by atoms with Crippen molar-refractivity contribution in [2.24, 2.45) is 11.8 Å². The lowest BCUT2D eigenvalue weighted by atomic mass is 9.81. The van der Waals surface area contributed by atoms with Crippen LogP contribution in [0.5, 0.6) is 0 Å². The van der Waals surface area contributed by atoms with Crippen molar-refractivity contribution in [1.82, 2.24) is 0 Å². The Balaban J connectivity index is 1.14. The molecule has 0 radical (unpaired) electrons. The van der Waals surface area contributed by atoms with E-state index in [-0.39, 0.29) is 5.41 Å². The number of hydrogen-bond donors (Lipinski definition) is 0. The molecule has 57 heavy (non-hydrogen) atoms. The number of fused-ring (bicyclic) bond motifs is 6. The summed E-state index contributed by atoms with van der Waals surface area (Å²) in [6, 6.07) is 58.3. The Bertz CT molecular complexity index is 2610. The van der Waals surface area contributed by atoms with Crippen molar-refractivity contribution >= 4 is 27.8 Å². The van der Waals surface area contributed by atoms with Crippen molar-refractivity contribution in [1.29, 1.82) is 0 Å². The summed E-state index contributed by atoms with van der Waals surface area (Å²) >= 11 is 0. The summed E-state index contributed by atoms with van der Waals surface area (Å²) in [5, 5.41) is 2.64. The third-order valence-corrected chi connectivity index (χ3v) is 14.7. The molecule has 282 valence electrons. The average Bonchev–Trinajstić information content (AvgIpc) is 3.97. The van der Waals surface area contributed by atoms with Crippen molar-refractivity contribution in [2.45, 2.75) is 88.9 Å². The van der Waals surface area contributed by atoms with Gasteiger partial charge >= 0.3 is 0 Å². The van der Waals surface area contributed by atoms with Crippen LogP contribution in [0.4, 0.5) is 17.1 Å². The topological polar surface area (TPSA) is 3.24 Å². The highest BCUT2D eigenvalue weighted by molar-refractivity contribution is 6.03. The zero-order valence-electron chi connectivity index (χ0n) is 33.6. The normalized spacial score (nSPS) is 20.8. The van der Waals surface area contributed by atoms with Crippen LogP contribution in [0.3, 0.4) is 0 Å². The van der Waals surface area contributed by atoms with Gasteiger partial charge in [0.15, 0.2) is 0 Å². The number of anilines is 3. The lowest BCUT2D eigenvalue weighted by Gasteiger charge is -2.31. The molecule has 0 aliphatic heterocycles. The Kier molecular flexibility index (Phi) is 8.50. The van der Waals surface area contributed by atoms with Gasteiger partial charge in [0, 0.05) is 22.2 Å². The minimum Gasteiger partial charge on any atom is -0.310 e. The fourth-order valence-corrected chi connectivity index (χ4v) is 11.9. The van der Waals surface area contributed by atoms with Crippen LogP contribution in [0.1, 0.15) is 106 Å². The van der Waals surface area contributed by atoms with E-state index in [1.54, 1.807) is 0 Å². The van der Waals surface area contributed by atoms with Crippen LogP contribution in [0, 0.1) is 11.8 Å². The first-order valence-corrected chi connectivity index (χ1v) is 21.9. The fraction of sp³-hybridized carbons (Fsp3) is 0.286. The smallest absolute Gasteiger partial charge is 0.0540 e. The van der Waals surface area contributed by atoms with Crippen LogP contribution < -0.4 is 4.90 Å². The molecule has 0 saturated heterocycles. The second-order valence-corrected chi connectivity index (χ2v) is 18.3. The lowest BCUT2D eigenvalue weighted by Crippen LogP contribution is -2.17. The molecular formula is C56H53N. The van der Waals surface area contributed by atoms with Crippen LogP contribution in [0.2, 0.25) is 0 Å². The Labute approximate surface area is 339 Å². The first-order chi connectivity index (χ1) is 28.0. The van der Waals surface area contributed by atoms with E-state index in [2.05, 4.69) is 170 Å². The van der Waals surface area contributed by atoms with Crippen molar-refractivity contribution in [3.63, 3.8) is 0 Å². The highest BCUT2D eigenvalue weighted by Gasteiger charge is 2.41. The van der Waals surface area contributed by atoms with Gasteiger partial charge in [0.25, 0.3) is 0 Å². The van der Waals surface area contributed by atoms with Gasteiger partial charge in [-0.1, -0.05) is 161 Å². The largest absolute Gasteiger partial charge is 0.310 e. The maximum absolute atomic E-state index is 2.58. The van der Waals surface area contributed by atoms with Gasteiger partial charge in [-0.2, -0.15) is 0 Å². The standard InChI is InChI=1S/C56H53N/c1-56(2)52-22-12-11-21-49(52)55-51(48-20-10-9-19-46(48)39-16-7-4-8-17-39)35-45(36-53(55)56)57(44-29-26-40(27-30-44)50-33-37-24-25-43(50)32-37)54-23-13-18-42-34-41(28-31-47(42)54)38-14-5-3-6-15-38/h4,7-13,16-23,26-31,34-38,43,50H,3,5-6,14-15,24-25,32-33H2,1-2H3. The molecule has 0 aromatic heterocycles. The minimum atomic E-state index is -0.163. The SMILES string of the molecule is CC1(C)c2ccccc2-c2c(-c3ccccc3-c3ccccc3)cc(N(c3ccc(C4CC5CCC4C5)cc3)c3cccc4cc(C5CCCCC5)ccc34)cc21. The molecular weight excluding hydrogens is 687 g/mol. The van der Waals surface area contributed by atoms with E-state index in [1.807, 2.05) is 0 Å². The number of nitrogens with zero attached hydrogens (tertiary/aromatic N) is 1. The quantitative estimate of drug-likeness (QED) is 0.157. The van der Waals surface area contributed by atoms with Crippen LogP contribution in [-0.4, -0.2) is 0 Å². The van der Waals surface area contributed by atoms with Gasteiger partial charge < -0.3 is 4.90 Å². The van der Waals surface area contributed by atoms with E-state index in [9.17, 15) is 0 Å². The summed E-state index contributed by atoms with van der Waals surface area (Å²) in [7, 11) is 0. The van der Waals surface area contributed by atoms with E-state index in [0.29, 0.717) is 11.8 Å². The molecule has 0 heterocycles. The molecule has 4 aliphatic rings. The van der Waals surface area contributed by atoms with Crippen LogP contribution in [0.15, 0.2) is 152 Å². The van der Waals surface area contributed by atoms with Gasteiger partial charge in [-0.05, 0) is 147 Å². The Morgan fingerprint density at radius 1 is 0.509 bits per heavy atom. The maximum Gasteiger partial charge on any atom is 0.0540 e. The second kappa shape index (κ2) is 13.9. The second-order valence-electron chi connectivity index (χ2n) is 18.3. The molecule has 0 N–H and O–H groups in total. The predicted octanol–water partition coefficient (Wildman–Crippen LogP) is 15.9. The van der Waals surface area contributed by atoms with E-state index >= 15 is 0 Å². The van der Waals surface area contributed by atoms with E-state index in [1.165, 1.54) is 141 Å². The van der Waals surface area contributed by atoms with E-state index in [4.69, 9.17) is 0 Å². The summed E-state index contributed by atoms with van der Waals surface area (Å²) in [5.74, 6) is 3.18. The third kappa shape index (κ3) is 5.88. The van der Waals surface area contributed by atoms with Crippen LogP contribution in [0.25, 0.3) is 44.2 Å². The van der Waals surface area contributed by atoms with Crippen molar-refractivity contribution in [3.8, 4) is 33.4 Å². The van der Waals surface area contributed by atoms with Crippen LogP contribution in [-0.2, 0) is 5.41 Å². The highest BCUT2D eigenvalue weighted by Crippen LogP contribution is 2.56. The van der Waals surface area contributed by atoms with Crippen molar-refractivity contribution in [2.75, 3.05) is 4.90 Å². The molecule has 3 fully saturated rings. The number of hydrogen-bond acceptors (Lipinski definition) is 1. The molecule has 3 unspecified atom stereocenters. The molecule has 2 bridgehead atoms. The van der Waals surface area contributed by atoms with Crippen molar-refractivity contribution < 1.29 is 0 Å². The zero-order chi connectivity index (χ0) is 38.1. The summed E-state index contributed by atoms with van der Waals surface area (Å²) in [5.41, 5.74) is 17.1. The van der Waals surface area contributed by atoms with E-state index in [0.717, 1.165) is 11.8 Å². The molecule has 0 spiro atoms. The number of rotatable bonds is 7. The maximum atomic E-state index is 2.58. The van der Waals surface area contributed by atoms with Gasteiger partial charge in [-0.15, -0.1) is 0 Å². The minimum absolute atomic E-state index is 0.163. The molecule has 4 aliphatic carbocycles. The Morgan fingerprint density at radius 2 is 1.25 bits per heavy atom. The first kappa shape index (κ1) is 34.8. The third-order valence-electron chi connectivity index (χ3n) is 14.7. The van der Waals surface area contributed by atoms with Gasteiger partial charge in [0.05, 0.1) is 5.69 Å². The van der Waals surface area contributed by atoms with Gasteiger partial charge in [-0.25, -0.2) is 0 Å². The number of benzene rings is 7. The van der Waals surface area contributed by atoms with Gasteiger partial charge in [0.2, 0.25) is 0 Å². The summed E-state index contributed by atoms with van der Waals surface area (Å²) in [6.07, 6.45) is 12.3. The van der Waals surface area contributed by atoms with Crippen LogP contribution >= 0.6 is 0 Å². The summed E-state index contributed by atoms with van der Waals surface area (Å²) < 4.78 is 0.